The van der Waals surface area contributed by atoms with Gasteiger partial charge in [0, 0.05) is 32.7 Å². The van der Waals surface area contributed by atoms with Crippen LogP contribution in [0.4, 0.5) is 0 Å². The molecule has 3 fully saturated rings. The zero-order valence-electron chi connectivity index (χ0n) is 11.9. The highest BCUT2D eigenvalue weighted by Gasteiger charge is 2.49. The molecular formula is C15H26O4. The fraction of sp³-hybridized carbons (Fsp3) is 1.00. The second-order valence-corrected chi connectivity index (χ2v) is 6.48. The summed E-state index contributed by atoms with van der Waals surface area (Å²) in [7, 11) is 0. The van der Waals surface area contributed by atoms with Gasteiger partial charge in [-0.3, -0.25) is 0 Å². The maximum Gasteiger partial charge on any atom is 0.0940 e. The van der Waals surface area contributed by atoms with Gasteiger partial charge in [-0.2, -0.15) is 0 Å². The lowest BCUT2D eigenvalue weighted by Gasteiger charge is -2.47. The van der Waals surface area contributed by atoms with E-state index in [4.69, 9.17) is 14.2 Å². The number of hydrogen-bond donors (Lipinski definition) is 1. The molecule has 0 amide bonds. The molecule has 3 rings (SSSR count). The summed E-state index contributed by atoms with van der Waals surface area (Å²) >= 11 is 0. The first-order valence-electron chi connectivity index (χ1n) is 7.71. The van der Waals surface area contributed by atoms with Crippen LogP contribution < -0.4 is 0 Å². The Hall–Kier alpha value is -0.160. The van der Waals surface area contributed by atoms with Gasteiger partial charge in [0.15, 0.2) is 0 Å². The van der Waals surface area contributed by atoms with Crippen LogP contribution in [0, 0.1) is 5.92 Å². The molecule has 3 saturated heterocycles. The average molecular weight is 270 g/mol. The van der Waals surface area contributed by atoms with Gasteiger partial charge in [0.25, 0.3) is 0 Å². The van der Waals surface area contributed by atoms with Crippen LogP contribution >= 0.6 is 0 Å². The lowest BCUT2D eigenvalue weighted by atomic mass is 9.71. The van der Waals surface area contributed by atoms with Gasteiger partial charge in [0.2, 0.25) is 0 Å². The SMILES string of the molecule is CCC1CC(O)(C2CCOC3(CCOC3)C2)CCO1. The summed E-state index contributed by atoms with van der Waals surface area (Å²) in [5.41, 5.74) is -0.670. The van der Waals surface area contributed by atoms with Crippen LogP contribution in [0.2, 0.25) is 0 Å². The molecule has 4 nitrogen and oxygen atoms in total. The van der Waals surface area contributed by atoms with Gasteiger partial charge in [-0.1, -0.05) is 6.92 Å². The second-order valence-electron chi connectivity index (χ2n) is 6.48. The molecule has 1 N–H and O–H groups in total. The van der Waals surface area contributed by atoms with E-state index in [-0.39, 0.29) is 11.7 Å². The number of aliphatic hydroxyl groups is 1. The Morgan fingerprint density at radius 2 is 2.05 bits per heavy atom. The fourth-order valence-electron chi connectivity index (χ4n) is 3.94. The lowest BCUT2D eigenvalue weighted by Crippen LogP contribution is -2.52. The summed E-state index contributed by atoms with van der Waals surface area (Å²) in [6.45, 7) is 5.08. The first-order valence-corrected chi connectivity index (χ1v) is 7.71. The molecule has 0 bridgehead atoms. The van der Waals surface area contributed by atoms with Gasteiger partial charge in [-0.25, -0.2) is 0 Å². The highest BCUT2D eigenvalue weighted by molar-refractivity contribution is 4.99. The monoisotopic (exact) mass is 270 g/mol. The molecule has 19 heavy (non-hydrogen) atoms. The number of hydrogen-bond acceptors (Lipinski definition) is 4. The highest BCUT2D eigenvalue weighted by atomic mass is 16.6. The van der Waals surface area contributed by atoms with Gasteiger partial charge < -0.3 is 19.3 Å². The van der Waals surface area contributed by atoms with Crippen molar-refractivity contribution in [2.24, 2.45) is 5.92 Å². The predicted molar refractivity (Wildman–Crippen MR) is 71.1 cm³/mol. The molecule has 0 aliphatic carbocycles. The zero-order chi connectivity index (χ0) is 13.3. The van der Waals surface area contributed by atoms with E-state index in [0.717, 1.165) is 51.7 Å². The van der Waals surface area contributed by atoms with E-state index in [9.17, 15) is 5.11 Å². The Labute approximate surface area is 115 Å². The van der Waals surface area contributed by atoms with E-state index in [2.05, 4.69) is 6.92 Å². The van der Waals surface area contributed by atoms with Crippen molar-refractivity contribution >= 4 is 0 Å². The van der Waals surface area contributed by atoms with Gasteiger partial charge in [-0.05, 0) is 31.6 Å². The Morgan fingerprint density at radius 1 is 1.16 bits per heavy atom. The molecule has 3 heterocycles. The van der Waals surface area contributed by atoms with Crippen molar-refractivity contribution in [3.63, 3.8) is 0 Å². The predicted octanol–water partition coefficient (Wildman–Crippen LogP) is 1.89. The largest absolute Gasteiger partial charge is 0.389 e. The van der Waals surface area contributed by atoms with E-state index in [1.54, 1.807) is 0 Å². The van der Waals surface area contributed by atoms with Gasteiger partial charge >= 0.3 is 0 Å². The molecule has 4 heteroatoms. The van der Waals surface area contributed by atoms with Crippen LogP contribution in [0.3, 0.4) is 0 Å². The van der Waals surface area contributed by atoms with Crippen LogP contribution in [0.1, 0.15) is 45.4 Å². The normalized spacial score (nSPS) is 47.7. The van der Waals surface area contributed by atoms with Crippen molar-refractivity contribution in [2.45, 2.75) is 62.8 Å². The smallest absolute Gasteiger partial charge is 0.0940 e. The van der Waals surface area contributed by atoms with Gasteiger partial charge in [0.05, 0.1) is 23.9 Å². The van der Waals surface area contributed by atoms with Gasteiger partial charge in [0.1, 0.15) is 0 Å². The summed E-state index contributed by atoms with van der Waals surface area (Å²) in [4.78, 5) is 0. The van der Waals surface area contributed by atoms with Crippen molar-refractivity contribution in [3.8, 4) is 0 Å². The van der Waals surface area contributed by atoms with Crippen LogP contribution in [0.25, 0.3) is 0 Å². The minimum Gasteiger partial charge on any atom is -0.389 e. The van der Waals surface area contributed by atoms with E-state index in [1.165, 1.54) is 0 Å². The average Bonchev–Trinajstić information content (AvgIpc) is 2.87. The minimum absolute atomic E-state index is 0.112. The number of rotatable bonds is 2. The van der Waals surface area contributed by atoms with Crippen LogP contribution in [-0.4, -0.2) is 48.8 Å². The standard InChI is InChI=1S/C15H26O4/c1-2-13-10-15(16,5-8-18-13)12-3-6-19-14(9-12)4-7-17-11-14/h12-13,16H,2-11H2,1H3. The van der Waals surface area contributed by atoms with Crippen molar-refractivity contribution < 1.29 is 19.3 Å². The first kappa shape index (κ1) is 13.8. The van der Waals surface area contributed by atoms with Crippen molar-refractivity contribution in [1.82, 2.24) is 0 Å². The summed E-state index contributed by atoms with van der Waals surface area (Å²) in [6.07, 6.45) is 5.65. The maximum atomic E-state index is 11.1. The Morgan fingerprint density at radius 3 is 2.79 bits per heavy atom. The maximum absolute atomic E-state index is 11.1. The van der Waals surface area contributed by atoms with E-state index >= 15 is 0 Å². The third-order valence-corrected chi connectivity index (χ3v) is 5.25. The number of ether oxygens (including phenoxy) is 3. The van der Waals surface area contributed by atoms with Crippen LogP contribution in [-0.2, 0) is 14.2 Å². The third-order valence-electron chi connectivity index (χ3n) is 5.25. The topological polar surface area (TPSA) is 47.9 Å². The van der Waals surface area contributed by atoms with Gasteiger partial charge in [-0.15, -0.1) is 0 Å². The third kappa shape index (κ3) is 2.68. The fourth-order valence-corrected chi connectivity index (χ4v) is 3.94. The van der Waals surface area contributed by atoms with E-state index in [0.29, 0.717) is 19.1 Å². The van der Waals surface area contributed by atoms with Crippen molar-refractivity contribution in [2.75, 3.05) is 26.4 Å². The second kappa shape index (κ2) is 5.32. The van der Waals surface area contributed by atoms with Crippen LogP contribution in [0.5, 0.6) is 0 Å². The van der Waals surface area contributed by atoms with E-state index in [1.807, 2.05) is 0 Å². The molecule has 0 aromatic heterocycles. The molecule has 4 unspecified atom stereocenters. The molecule has 1 spiro atoms. The summed E-state index contributed by atoms with van der Waals surface area (Å²) in [6, 6.07) is 0. The molecular weight excluding hydrogens is 244 g/mol. The Kier molecular flexibility index (Phi) is 3.87. The van der Waals surface area contributed by atoms with E-state index < -0.39 is 5.60 Å². The lowest BCUT2D eigenvalue weighted by molar-refractivity contribution is -0.179. The summed E-state index contributed by atoms with van der Waals surface area (Å²) < 4.78 is 17.2. The molecule has 4 atom stereocenters. The minimum atomic E-state index is -0.557. The quantitative estimate of drug-likeness (QED) is 0.832. The first-order chi connectivity index (χ1) is 9.16. The Balaban J connectivity index is 1.69. The summed E-state index contributed by atoms with van der Waals surface area (Å²) in [5, 5.41) is 11.1. The van der Waals surface area contributed by atoms with Crippen LogP contribution in [0.15, 0.2) is 0 Å². The highest BCUT2D eigenvalue weighted by Crippen LogP contribution is 2.44. The molecule has 0 aromatic carbocycles. The molecule has 0 saturated carbocycles. The molecule has 3 aliphatic rings. The van der Waals surface area contributed by atoms with Crippen molar-refractivity contribution in [3.05, 3.63) is 0 Å². The molecule has 0 aromatic rings. The Bertz CT molecular complexity index is 313. The van der Waals surface area contributed by atoms with Crippen molar-refractivity contribution in [1.29, 1.82) is 0 Å². The summed E-state index contributed by atoms with van der Waals surface area (Å²) in [5.74, 6) is 0.334. The zero-order valence-corrected chi connectivity index (χ0v) is 11.9. The molecule has 3 aliphatic heterocycles. The molecule has 0 radical (unpaired) electrons. The molecule has 110 valence electrons.